The SMILES string of the molecule is COc1ccc(CN2CCCC[C@@H]2c2nc(N)ncc2-c2ccc(F)cc2)cc1. The maximum Gasteiger partial charge on any atom is 0.220 e. The van der Waals surface area contributed by atoms with E-state index in [-0.39, 0.29) is 17.8 Å². The summed E-state index contributed by atoms with van der Waals surface area (Å²) in [5, 5.41) is 0. The number of rotatable bonds is 5. The molecule has 0 unspecified atom stereocenters. The highest BCUT2D eigenvalue weighted by Crippen LogP contribution is 2.36. The number of nitrogen functional groups attached to an aromatic ring is 1. The third kappa shape index (κ3) is 4.38. The molecule has 3 aromatic rings. The summed E-state index contributed by atoms with van der Waals surface area (Å²) in [7, 11) is 1.67. The molecule has 1 fully saturated rings. The topological polar surface area (TPSA) is 64.3 Å². The van der Waals surface area contributed by atoms with Gasteiger partial charge in [-0.2, -0.15) is 0 Å². The van der Waals surface area contributed by atoms with E-state index in [4.69, 9.17) is 10.5 Å². The zero-order chi connectivity index (χ0) is 20.2. The van der Waals surface area contributed by atoms with Crippen LogP contribution in [0.25, 0.3) is 11.1 Å². The molecule has 6 heteroatoms. The van der Waals surface area contributed by atoms with Gasteiger partial charge >= 0.3 is 0 Å². The molecule has 0 saturated carbocycles. The van der Waals surface area contributed by atoms with Gasteiger partial charge in [-0.25, -0.2) is 14.4 Å². The third-order valence-corrected chi connectivity index (χ3v) is 5.47. The number of nitrogens with zero attached hydrogens (tertiary/aromatic N) is 3. The molecule has 0 radical (unpaired) electrons. The lowest BCUT2D eigenvalue weighted by Gasteiger charge is -2.36. The molecule has 1 aromatic heterocycles. The van der Waals surface area contributed by atoms with Crippen LogP contribution in [0, 0.1) is 5.82 Å². The molecular formula is C23H25FN4O. The van der Waals surface area contributed by atoms with Crippen LogP contribution in [-0.2, 0) is 6.54 Å². The molecule has 5 nitrogen and oxygen atoms in total. The van der Waals surface area contributed by atoms with Crippen LogP contribution in [0.15, 0.2) is 54.7 Å². The van der Waals surface area contributed by atoms with Crippen LogP contribution < -0.4 is 10.5 Å². The molecule has 2 N–H and O–H groups in total. The Morgan fingerprint density at radius 2 is 1.86 bits per heavy atom. The van der Waals surface area contributed by atoms with Gasteiger partial charge < -0.3 is 10.5 Å². The second-order valence-electron chi connectivity index (χ2n) is 7.36. The maximum atomic E-state index is 13.4. The average Bonchev–Trinajstić information content (AvgIpc) is 2.75. The molecule has 4 rings (SSSR count). The Kier molecular flexibility index (Phi) is 5.71. The normalized spacial score (nSPS) is 17.2. The Hall–Kier alpha value is -2.99. The van der Waals surface area contributed by atoms with Crippen LogP contribution in [0.4, 0.5) is 10.3 Å². The smallest absolute Gasteiger partial charge is 0.220 e. The highest BCUT2D eigenvalue weighted by Gasteiger charge is 2.28. The van der Waals surface area contributed by atoms with Gasteiger partial charge in [-0.3, -0.25) is 4.90 Å². The van der Waals surface area contributed by atoms with Crippen LogP contribution in [-0.4, -0.2) is 28.5 Å². The van der Waals surface area contributed by atoms with E-state index in [1.165, 1.54) is 17.7 Å². The number of hydrogen-bond acceptors (Lipinski definition) is 5. The lowest BCUT2D eigenvalue weighted by atomic mass is 9.93. The van der Waals surface area contributed by atoms with E-state index >= 15 is 0 Å². The zero-order valence-electron chi connectivity index (χ0n) is 16.5. The highest BCUT2D eigenvalue weighted by atomic mass is 19.1. The van der Waals surface area contributed by atoms with Crippen molar-refractivity contribution < 1.29 is 9.13 Å². The van der Waals surface area contributed by atoms with Gasteiger partial charge in [0.25, 0.3) is 0 Å². The molecule has 1 aliphatic rings. The molecular weight excluding hydrogens is 367 g/mol. The first kappa shape index (κ1) is 19.3. The van der Waals surface area contributed by atoms with Crippen LogP contribution in [0.2, 0.25) is 0 Å². The summed E-state index contributed by atoms with van der Waals surface area (Å²) in [6, 6.07) is 14.8. The number of ether oxygens (including phenoxy) is 1. The molecule has 0 aliphatic carbocycles. The molecule has 0 bridgehead atoms. The van der Waals surface area contributed by atoms with Crippen molar-refractivity contribution in [3.63, 3.8) is 0 Å². The van der Waals surface area contributed by atoms with Gasteiger partial charge in [0.15, 0.2) is 0 Å². The molecule has 0 amide bonds. The molecule has 1 aliphatic heterocycles. The van der Waals surface area contributed by atoms with E-state index in [1.807, 2.05) is 12.1 Å². The van der Waals surface area contributed by atoms with Crippen LogP contribution >= 0.6 is 0 Å². The summed E-state index contributed by atoms with van der Waals surface area (Å²) in [5.41, 5.74) is 9.90. The summed E-state index contributed by atoms with van der Waals surface area (Å²) in [6.07, 6.45) is 5.04. The lowest BCUT2D eigenvalue weighted by molar-refractivity contribution is 0.137. The van der Waals surface area contributed by atoms with Gasteiger partial charge in [-0.1, -0.05) is 30.7 Å². The average molecular weight is 392 g/mol. The Morgan fingerprint density at radius 3 is 2.59 bits per heavy atom. The van der Waals surface area contributed by atoms with E-state index < -0.39 is 0 Å². The van der Waals surface area contributed by atoms with Gasteiger partial charge in [0.1, 0.15) is 11.6 Å². The first-order chi connectivity index (χ1) is 14.1. The second kappa shape index (κ2) is 8.57. The van der Waals surface area contributed by atoms with E-state index in [0.717, 1.165) is 54.9 Å². The first-order valence-corrected chi connectivity index (χ1v) is 9.89. The number of methoxy groups -OCH3 is 1. The van der Waals surface area contributed by atoms with Crippen molar-refractivity contribution in [2.24, 2.45) is 0 Å². The van der Waals surface area contributed by atoms with Gasteiger partial charge in [0.2, 0.25) is 5.95 Å². The fourth-order valence-corrected chi connectivity index (χ4v) is 3.97. The molecule has 29 heavy (non-hydrogen) atoms. The first-order valence-electron chi connectivity index (χ1n) is 9.89. The van der Waals surface area contributed by atoms with E-state index in [2.05, 4.69) is 27.0 Å². The monoisotopic (exact) mass is 392 g/mol. The number of benzene rings is 2. The number of hydrogen-bond donors (Lipinski definition) is 1. The van der Waals surface area contributed by atoms with Crippen LogP contribution in [0.3, 0.4) is 0 Å². The van der Waals surface area contributed by atoms with Crippen molar-refractivity contribution in [2.75, 3.05) is 19.4 Å². The van der Waals surface area contributed by atoms with E-state index in [9.17, 15) is 4.39 Å². The predicted octanol–water partition coefficient (Wildman–Crippen LogP) is 4.60. The Balaban J connectivity index is 1.67. The largest absolute Gasteiger partial charge is 0.497 e. The quantitative estimate of drug-likeness (QED) is 0.687. The Labute approximate surface area is 170 Å². The number of halogens is 1. The minimum atomic E-state index is -0.259. The van der Waals surface area contributed by atoms with Gasteiger partial charge in [-0.05, 0) is 54.8 Å². The van der Waals surface area contributed by atoms with Gasteiger partial charge in [0, 0.05) is 18.3 Å². The summed E-state index contributed by atoms with van der Waals surface area (Å²) in [6.45, 7) is 1.81. The van der Waals surface area contributed by atoms with Crippen molar-refractivity contribution in [3.8, 4) is 16.9 Å². The van der Waals surface area contributed by atoms with Crippen molar-refractivity contribution in [1.82, 2.24) is 14.9 Å². The molecule has 2 aromatic carbocycles. The molecule has 1 saturated heterocycles. The fourth-order valence-electron chi connectivity index (χ4n) is 3.97. The Morgan fingerprint density at radius 1 is 1.10 bits per heavy atom. The number of piperidine rings is 1. The van der Waals surface area contributed by atoms with Crippen LogP contribution in [0.1, 0.15) is 36.6 Å². The minimum Gasteiger partial charge on any atom is -0.497 e. The number of anilines is 1. The van der Waals surface area contributed by atoms with Gasteiger partial charge in [0.05, 0.1) is 18.8 Å². The second-order valence-corrected chi connectivity index (χ2v) is 7.36. The predicted molar refractivity (Wildman–Crippen MR) is 112 cm³/mol. The summed E-state index contributed by atoms with van der Waals surface area (Å²) in [5.74, 6) is 0.859. The molecule has 0 spiro atoms. The number of likely N-dealkylation sites (tertiary alicyclic amines) is 1. The maximum absolute atomic E-state index is 13.4. The highest BCUT2D eigenvalue weighted by molar-refractivity contribution is 5.66. The summed E-state index contributed by atoms with van der Waals surface area (Å²) < 4.78 is 18.7. The zero-order valence-corrected chi connectivity index (χ0v) is 16.5. The van der Waals surface area contributed by atoms with Crippen LogP contribution in [0.5, 0.6) is 5.75 Å². The molecule has 1 atom stereocenters. The van der Waals surface area contributed by atoms with Crippen molar-refractivity contribution >= 4 is 5.95 Å². The van der Waals surface area contributed by atoms with Gasteiger partial charge in [-0.15, -0.1) is 0 Å². The third-order valence-electron chi connectivity index (χ3n) is 5.47. The fraction of sp³-hybridized carbons (Fsp3) is 0.304. The van der Waals surface area contributed by atoms with Crippen molar-refractivity contribution in [3.05, 3.63) is 71.8 Å². The van der Waals surface area contributed by atoms with Crippen molar-refractivity contribution in [1.29, 1.82) is 0 Å². The standard InChI is InChI=1S/C23H25FN4O/c1-29-19-11-5-16(6-12-19)15-28-13-3-2-4-21(28)22-20(14-26-23(25)27-22)17-7-9-18(24)10-8-17/h5-12,14,21H,2-4,13,15H2,1H3,(H2,25,26,27)/t21-/m1/s1. The van der Waals surface area contributed by atoms with E-state index in [0.29, 0.717) is 0 Å². The minimum absolute atomic E-state index is 0.135. The van der Waals surface area contributed by atoms with E-state index in [1.54, 1.807) is 25.4 Å². The molecule has 2 heterocycles. The number of nitrogens with two attached hydrogens (primary N) is 1. The van der Waals surface area contributed by atoms with Crippen molar-refractivity contribution in [2.45, 2.75) is 31.8 Å². The lowest BCUT2D eigenvalue weighted by Crippen LogP contribution is -2.34. The number of aromatic nitrogens is 2. The molecule has 150 valence electrons. The summed E-state index contributed by atoms with van der Waals surface area (Å²) >= 11 is 0. The summed E-state index contributed by atoms with van der Waals surface area (Å²) in [4.78, 5) is 11.3. The Bertz CT molecular complexity index is 960.